The van der Waals surface area contributed by atoms with Crippen molar-refractivity contribution in [2.24, 2.45) is 5.10 Å². The molecule has 0 unspecified atom stereocenters. The molecule has 0 spiro atoms. The number of carbonyl (C=O) groups is 2. The van der Waals surface area contributed by atoms with Gasteiger partial charge in [-0.05, 0) is 46.9 Å². The molecule has 148 valence electrons. The molecule has 0 saturated heterocycles. The number of phenolic OH excluding ortho intramolecular Hbond substituents is 2. The molecule has 0 aliphatic carbocycles. The predicted octanol–water partition coefficient (Wildman–Crippen LogP) is 2.50. The van der Waals surface area contributed by atoms with Crippen LogP contribution in [0.2, 0.25) is 0 Å². The summed E-state index contributed by atoms with van der Waals surface area (Å²) >= 11 is 3.16. The van der Waals surface area contributed by atoms with Crippen molar-refractivity contribution in [1.29, 1.82) is 0 Å². The summed E-state index contributed by atoms with van der Waals surface area (Å²) in [5.74, 6) is -0.989. The molecule has 11 heteroatoms. The van der Waals surface area contributed by atoms with Gasteiger partial charge < -0.3 is 10.2 Å². The molecule has 9 nitrogen and oxygen atoms in total. The SMILES string of the molecule is O=C(Cc1nnc(NC(=O)c2ccccc2I)s1)N/N=C\c1ccc(O)cc1O. The molecule has 0 atom stereocenters. The van der Waals surface area contributed by atoms with Crippen LogP contribution in [0.25, 0.3) is 0 Å². The van der Waals surface area contributed by atoms with Crippen LogP contribution in [0.4, 0.5) is 5.13 Å². The summed E-state index contributed by atoms with van der Waals surface area (Å²) < 4.78 is 0.809. The van der Waals surface area contributed by atoms with Crippen LogP contribution in [0.15, 0.2) is 47.6 Å². The first-order valence-corrected chi connectivity index (χ1v) is 10.0. The van der Waals surface area contributed by atoms with Gasteiger partial charge in [0.2, 0.25) is 11.0 Å². The lowest BCUT2D eigenvalue weighted by Gasteiger charge is -2.02. The van der Waals surface area contributed by atoms with Gasteiger partial charge in [0, 0.05) is 15.2 Å². The number of hydrogen-bond donors (Lipinski definition) is 4. The Morgan fingerprint density at radius 2 is 1.97 bits per heavy atom. The standard InChI is InChI=1S/C18H14IN5O4S/c19-13-4-2-1-3-12(13)17(28)21-18-24-23-16(29-18)8-15(27)22-20-9-10-5-6-11(25)7-14(10)26/h1-7,9,25-26H,8H2,(H,22,27)(H,21,24,28)/b20-9-. The number of rotatable bonds is 6. The summed E-state index contributed by atoms with van der Waals surface area (Å²) in [5, 5.41) is 33.8. The second kappa shape index (κ2) is 9.43. The third-order valence-corrected chi connectivity index (χ3v) is 5.30. The van der Waals surface area contributed by atoms with Gasteiger partial charge in [-0.15, -0.1) is 10.2 Å². The number of hydrazone groups is 1. The van der Waals surface area contributed by atoms with E-state index in [9.17, 15) is 19.8 Å². The van der Waals surface area contributed by atoms with Gasteiger partial charge in [0.1, 0.15) is 16.5 Å². The number of aromatic hydroxyl groups is 2. The fraction of sp³-hybridized carbons (Fsp3) is 0.0556. The lowest BCUT2D eigenvalue weighted by atomic mass is 10.2. The van der Waals surface area contributed by atoms with E-state index in [0.717, 1.165) is 21.0 Å². The maximum absolute atomic E-state index is 12.3. The Hall–Kier alpha value is -3.06. The van der Waals surface area contributed by atoms with Crippen molar-refractivity contribution < 1.29 is 19.8 Å². The van der Waals surface area contributed by atoms with E-state index in [0.29, 0.717) is 16.1 Å². The zero-order chi connectivity index (χ0) is 20.8. The molecule has 2 aromatic carbocycles. The quantitative estimate of drug-likeness (QED) is 0.223. The van der Waals surface area contributed by atoms with Crippen LogP contribution < -0.4 is 10.7 Å². The number of benzene rings is 2. The minimum atomic E-state index is -0.439. The monoisotopic (exact) mass is 523 g/mol. The van der Waals surface area contributed by atoms with Gasteiger partial charge in [0.15, 0.2) is 0 Å². The minimum absolute atomic E-state index is 0.0741. The number of nitrogens with zero attached hydrogens (tertiary/aromatic N) is 3. The zero-order valence-electron chi connectivity index (χ0n) is 14.7. The van der Waals surface area contributed by atoms with E-state index in [1.165, 1.54) is 18.3 Å². The highest BCUT2D eigenvalue weighted by Gasteiger charge is 2.14. The zero-order valence-corrected chi connectivity index (χ0v) is 17.6. The van der Waals surface area contributed by atoms with Crippen LogP contribution in [0.5, 0.6) is 11.5 Å². The molecule has 3 rings (SSSR count). The molecule has 0 aliphatic heterocycles. The van der Waals surface area contributed by atoms with E-state index < -0.39 is 5.91 Å². The minimum Gasteiger partial charge on any atom is -0.508 e. The number of nitrogens with one attached hydrogen (secondary N) is 2. The van der Waals surface area contributed by atoms with Crippen molar-refractivity contribution in [1.82, 2.24) is 15.6 Å². The summed E-state index contributed by atoms with van der Waals surface area (Å²) in [4.78, 5) is 24.2. The fourth-order valence-electron chi connectivity index (χ4n) is 2.18. The lowest BCUT2D eigenvalue weighted by Crippen LogP contribution is -2.19. The highest BCUT2D eigenvalue weighted by atomic mass is 127. The molecule has 2 amide bonds. The Balaban J connectivity index is 1.54. The molecular formula is C18H14IN5O4S. The first kappa shape index (κ1) is 20.7. The molecule has 1 heterocycles. The molecular weight excluding hydrogens is 509 g/mol. The lowest BCUT2D eigenvalue weighted by molar-refractivity contribution is -0.120. The largest absolute Gasteiger partial charge is 0.508 e. The van der Waals surface area contributed by atoms with Crippen molar-refractivity contribution >= 4 is 57.1 Å². The summed E-state index contributed by atoms with van der Waals surface area (Å²) in [5.41, 5.74) is 3.17. The van der Waals surface area contributed by atoms with Crippen LogP contribution in [0.1, 0.15) is 20.9 Å². The molecule has 3 aromatic rings. The van der Waals surface area contributed by atoms with Crippen LogP contribution in [-0.4, -0.2) is 38.4 Å². The highest BCUT2D eigenvalue weighted by Crippen LogP contribution is 2.21. The average molecular weight is 523 g/mol. The van der Waals surface area contributed by atoms with Crippen molar-refractivity contribution in [2.45, 2.75) is 6.42 Å². The fourth-order valence-corrected chi connectivity index (χ4v) is 3.54. The molecule has 29 heavy (non-hydrogen) atoms. The number of carbonyl (C=O) groups excluding carboxylic acids is 2. The van der Waals surface area contributed by atoms with Gasteiger partial charge in [-0.3, -0.25) is 14.9 Å². The Morgan fingerprint density at radius 1 is 1.17 bits per heavy atom. The Bertz CT molecular complexity index is 1090. The van der Waals surface area contributed by atoms with E-state index in [2.05, 4.69) is 48.6 Å². The third kappa shape index (κ3) is 5.71. The van der Waals surface area contributed by atoms with Crippen LogP contribution in [0.3, 0.4) is 0 Å². The molecule has 0 saturated carbocycles. The van der Waals surface area contributed by atoms with Gasteiger partial charge >= 0.3 is 0 Å². The number of amides is 2. The van der Waals surface area contributed by atoms with Gasteiger partial charge in [0.05, 0.1) is 18.2 Å². The second-order valence-corrected chi connectivity index (χ2v) is 7.87. The summed E-state index contributed by atoms with van der Waals surface area (Å²) in [6.45, 7) is 0. The Morgan fingerprint density at radius 3 is 2.72 bits per heavy atom. The maximum atomic E-state index is 12.3. The summed E-state index contributed by atoms with van der Waals surface area (Å²) in [7, 11) is 0. The second-order valence-electron chi connectivity index (χ2n) is 5.65. The number of hydrogen-bond acceptors (Lipinski definition) is 8. The van der Waals surface area contributed by atoms with Gasteiger partial charge in [-0.1, -0.05) is 23.5 Å². The van der Waals surface area contributed by atoms with E-state index in [1.54, 1.807) is 12.1 Å². The molecule has 0 radical (unpaired) electrons. The van der Waals surface area contributed by atoms with E-state index in [1.807, 2.05) is 12.1 Å². The van der Waals surface area contributed by atoms with Gasteiger partial charge in [-0.25, -0.2) is 5.43 Å². The van der Waals surface area contributed by atoms with E-state index >= 15 is 0 Å². The van der Waals surface area contributed by atoms with E-state index in [-0.39, 0.29) is 29.0 Å². The highest BCUT2D eigenvalue weighted by molar-refractivity contribution is 14.1. The normalized spacial score (nSPS) is 10.8. The van der Waals surface area contributed by atoms with Gasteiger partial charge in [-0.2, -0.15) is 5.10 Å². The predicted molar refractivity (Wildman–Crippen MR) is 116 cm³/mol. The number of phenols is 2. The molecule has 4 N–H and O–H groups in total. The van der Waals surface area contributed by atoms with E-state index in [4.69, 9.17) is 0 Å². The average Bonchev–Trinajstić information content (AvgIpc) is 3.10. The van der Waals surface area contributed by atoms with Gasteiger partial charge in [0.25, 0.3) is 5.91 Å². The first-order chi connectivity index (χ1) is 13.9. The topological polar surface area (TPSA) is 137 Å². The molecule has 0 aliphatic rings. The molecule has 0 fully saturated rings. The third-order valence-electron chi connectivity index (χ3n) is 3.52. The Kier molecular flexibility index (Phi) is 6.72. The van der Waals surface area contributed by atoms with Crippen LogP contribution in [-0.2, 0) is 11.2 Å². The van der Waals surface area contributed by atoms with Crippen LogP contribution >= 0.6 is 33.9 Å². The first-order valence-electron chi connectivity index (χ1n) is 8.14. The number of anilines is 1. The smallest absolute Gasteiger partial charge is 0.258 e. The summed E-state index contributed by atoms with van der Waals surface area (Å²) in [6, 6.07) is 11.1. The summed E-state index contributed by atoms with van der Waals surface area (Å²) in [6.07, 6.45) is 1.18. The van der Waals surface area contributed by atoms with Crippen LogP contribution in [0, 0.1) is 3.57 Å². The van der Waals surface area contributed by atoms with Crippen molar-refractivity contribution in [3.63, 3.8) is 0 Å². The number of aromatic nitrogens is 2. The Labute approximate surface area is 182 Å². The van der Waals surface area contributed by atoms with Crippen molar-refractivity contribution in [2.75, 3.05) is 5.32 Å². The maximum Gasteiger partial charge on any atom is 0.258 e. The molecule has 1 aromatic heterocycles. The van der Waals surface area contributed by atoms with Crippen molar-refractivity contribution in [3.8, 4) is 11.5 Å². The molecule has 0 bridgehead atoms. The number of halogens is 1. The van der Waals surface area contributed by atoms with Crippen molar-refractivity contribution in [3.05, 3.63) is 62.2 Å².